The summed E-state index contributed by atoms with van der Waals surface area (Å²) < 4.78 is 0. The minimum Gasteiger partial charge on any atom is -0.290 e. The molecule has 0 unspecified atom stereocenters. The Kier molecular flexibility index (Phi) is 2.78. The summed E-state index contributed by atoms with van der Waals surface area (Å²) in [5.74, 6) is -1.23. The molecule has 0 saturated carbocycles. The Labute approximate surface area is 103 Å². The lowest BCUT2D eigenvalue weighted by Crippen LogP contribution is -2.29. The van der Waals surface area contributed by atoms with Crippen LogP contribution < -0.4 is 0 Å². The van der Waals surface area contributed by atoms with Gasteiger partial charge in [-0.05, 0) is 24.6 Å². The number of rotatable bonds is 1. The number of hydrogen-bond acceptors (Lipinski definition) is 4. The molecule has 1 amide bonds. The van der Waals surface area contributed by atoms with Gasteiger partial charge in [-0.1, -0.05) is 0 Å². The molecule has 88 valence electrons. The summed E-state index contributed by atoms with van der Waals surface area (Å²) in [5.41, 5.74) is 0.879. The Bertz CT molecular complexity index is 627. The van der Waals surface area contributed by atoms with Crippen molar-refractivity contribution >= 4 is 17.5 Å². The Morgan fingerprint density at radius 2 is 1.94 bits per heavy atom. The Morgan fingerprint density at radius 1 is 1.22 bits per heavy atom. The lowest BCUT2D eigenvalue weighted by Gasteiger charge is -2.21. The molecule has 0 spiro atoms. The summed E-state index contributed by atoms with van der Waals surface area (Å²) in [6, 6.07) is 1.82. The predicted octanol–water partition coefficient (Wildman–Crippen LogP) is 0.774. The number of amides is 1. The van der Waals surface area contributed by atoms with Gasteiger partial charge in [0.25, 0.3) is 5.91 Å². The standard InChI is InChI=1S/C13H8N2O3/c1-8-6-13(18)15(10(8)4-5-14)11-7-9(16)2-3-12(11)17/h2-4,6-7H,1H3. The summed E-state index contributed by atoms with van der Waals surface area (Å²) in [7, 11) is 0. The number of ketones is 2. The van der Waals surface area contributed by atoms with Crippen molar-refractivity contribution in [2.45, 2.75) is 6.92 Å². The number of hydrogen-bond donors (Lipinski definition) is 0. The van der Waals surface area contributed by atoms with Gasteiger partial charge in [0.15, 0.2) is 5.78 Å². The van der Waals surface area contributed by atoms with Crippen molar-refractivity contribution in [3.05, 3.63) is 47.3 Å². The van der Waals surface area contributed by atoms with E-state index in [0.717, 1.165) is 23.1 Å². The highest BCUT2D eigenvalue weighted by molar-refractivity contribution is 6.19. The molecule has 0 fully saturated rings. The van der Waals surface area contributed by atoms with Crippen LogP contribution in [0.15, 0.2) is 47.3 Å². The zero-order valence-electron chi connectivity index (χ0n) is 9.51. The molecule has 5 heteroatoms. The average Bonchev–Trinajstić information content (AvgIpc) is 2.58. The number of carbonyl (C=O) groups is 3. The highest BCUT2D eigenvalue weighted by Crippen LogP contribution is 2.28. The van der Waals surface area contributed by atoms with Gasteiger partial charge in [-0.2, -0.15) is 5.26 Å². The first kappa shape index (κ1) is 11.7. The molecule has 1 heterocycles. The van der Waals surface area contributed by atoms with Gasteiger partial charge in [-0.3, -0.25) is 19.3 Å². The number of nitrogens with zero attached hydrogens (tertiary/aromatic N) is 2. The molecule has 1 aliphatic heterocycles. The Hall–Kier alpha value is -2.74. The molecule has 0 atom stereocenters. The van der Waals surface area contributed by atoms with Crippen molar-refractivity contribution in [3.8, 4) is 6.07 Å². The van der Waals surface area contributed by atoms with Crippen LogP contribution in [0.5, 0.6) is 0 Å². The number of allylic oxidation sites excluding steroid dienone is 5. The third kappa shape index (κ3) is 1.80. The fraction of sp³-hybridized carbons (Fsp3) is 0.0769. The van der Waals surface area contributed by atoms with Crippen LogP contribution in [0.3, 0.4) is 0 Å². The van der Waals surface area contributed by atoms with E-state index < -0.39 is 11.7 Å². The van der Waals surface area contributed by atoms with Crippen LogP contribution in [0.1, 0.15) is 6.92 Å². The molecule has 0 aromatic carbocycles. The van der Waals surface area contributed by atoms with Gasteiger partial charge in [0.1, 0.15) is 5.70 Å². The van der Waals surface area contributed by atoms with Gasteiger partial charge in [-0.15, -0.1) is 0 Å². The van der Waals surface area contributed by atoms with Crippen molar-refractivity contribution in [1.82, 2.24) is 4.90 Å². The first-order valence-corrected chi connectivity index (χ1v) is 5.15. The lowest BCUT2D eigenvalue weighted by atomic mass is 10.1. The number of carbonyl (C=O) groups excluding carboxylic acids is 3. The molecule has 0 bridgehead atoms. The highest BCUT2D eigenvalue weighted by Gasteiger charge is 2.32. The second-order valence-electron chi connectivity index (χ2n) is 3.79. The van der Waals surface area contributed by atoms with E-state index in [1.165, 1.54) is 12.2 Å². The monoisotopic (exact) mass is 240 g/mol. The Morgan fingerprint density at radius 3 is 2.61 bits per heavy atom. The minimum absolute atomic E-state index is 0.0258. The average molecular weight is 240 g/mol. The molecule has 5 nitrogen and oxygen atoms in total. The largest absolute Gasteiger partial charge is 0.290 e. The van der Waals surface area contributed by atoms with Gasteiger partial charge < -0.3 is 0 Å². The van der Waals surface area contributed by atoms with Crippen LogP contribution in [0.4, 0.5) is 0 Å². The van der Waals surface area contributed by atoms with Crippen LogP contribution in [0.25, 0.3) is 0 Å². The summed E-state index contributed by atoms with van der Waals surface area (Å²) in [6.45, 7) is 1.66. The van der Waals surface area contributed by atoms with Gasteiger partial charge in [0, 0.05) is 18.2 Å². The van der Waals surface area contributed by atoms with Crippen molar-refractivity contribution in [1.29, 1.82) is 5.26 Å². The van der Waals surface area contributed by atoms with Crippen molar-refractivity contribution < 1.29 is 14.4 Å². The van der Waals surface area contributed by atoms with Crippen LogP contribution >= 0.6 is 0 Å². The molecule has 0 N–H and O–H groups in total. The van der Waals surface area contributed by atoms with E-state index in [1.807, 2.05) is 6.07 Å². The minimum atomic E-state index is -0.435. The van der Waals surface area contributed by atoms with Gasteiger partial charge in [-0.25, -0.2) is 0 Å². The van der Waals surface area contributed by atoms with Gasteiger partial charge in [0.2, 0.25) is 5.78 Å². The molecule has 18 heavy (non-hydrogen) atoms. The molecular formula is C13H8N2O3. The number of nitriles is 1. The molecule has 2 aliphatic rings. The summed E-state index contributed by atoms with van der Waals surface area (Å²) >= 11 is 0. The SMILES string of the molecule is CC1=CC(=O)N(C2=CC(=O)C=CC2=O)C1=CC#N. The van der Waals surface area contributed by atoms with E-state index in [-0.39, 0.29) is 11.5 Å². The smallest absolute Gasteiger partial charge is 0.256 e. The maximum absolute atomic E-state index is 11.8. The van der Waals surface area contributed by atoms with Crippen molar-refractivity contribution in [2.24, 2.45) is 0 Å². The van der Waals surface area contributed by atoms with E-state index in [4.69, 9.17) is 5.26 Å². The normalized spacial score (nSPS) is 21.2. The maximum Gasteiger partial charge on any atom is 0.256 e. The van der Waals surface area contributed by atoms with E-state index in [1.54, 1.807) is 6.92 Å². The second-order valence-corrected chi connectivity index (χ2v) is 3.79. The quantitative estimate of drug-likeness (QED) is 0.501. The molecule has 0 saturated heterocycles. The zero-order chi connectivity index (χ0) is 13.3. The van der Waals surface area contributed by atoms with Crippen molar-refractivity contribution in [3.63, 3.8) is 0 Å². The molecule has 0 aromatic rings. The summed E-state index contributed by atoms with van der Waals surface area (Å²) in [6.07, 6.45) is 5.84. The topological polar surface area (TPSA) is 78.2 Å². The molecule has 1 aliphatic carbocycles. The molecular weight excluding hydrogens is 232 g/mol. The van der Waals surface area contributed by atoms with Crippen LogP contribution in [0, 0.1) is 11.3 Å². The van der Waals surface area contributed by atoms with E-state index in [0.29, 0.717) is 11.3 Å². The zero-order valence-corrected chi connectivity index (χ0v) is 9.51. The first-order chi connectivity index (χ1) is 8.54. The van der Waals surface area contributed by atoms with Crippen LogP contribution in [0.2, 0.25) is 0 Å². The first-order valence-electron chi connectivity index (χ1n) is 5.15. The van der Waals surface area contributed by atoms with Gasteiger partial charge >= 0.3 is 0 Å². The fourth-order valence-corrected chi connectivity index (χ4v) is 1.78. The third-order valence-corrected chi connectivity index (χ3v) is 2.58. The highest BCUT2D eigenvalue weighted by atomic mass is 16.2. The summed E-state index contributed by atoms with van der Waals surface area (Å²) in [5, 5.41) is 8.69. The van der Waals surface area contributed by atoms with E-state index >= 15 is 0 Å². The molecule has 2 rings (SSSR count). The maximum atomic E-state index is 11.8. The van der Waals surface area contributed by atoms with Crippen molar-refractivity contribution in [2.75, 3.05) is 0 Å². The third-order valence-electron chi connectivity index (χ3n) is 2.58. The molecule has 0 radical (unpaired) electrons. The summed E-state index contributed by atoms with van der Waals surface area (Å²) in [4.78, 5) is 35.8. The van der Waals surface area contributed by atoms with E-state index in [9.17, 15) is 14.4 Å². The fourth-order valence-electron chi connectivity index (χ4n) is 1.78. The Balaban J connectivity index is 2.49. The predicted molar refractivity (Wildman–Crippen MR) is 61.5 cm³/mol. The molecule has 0 aromatic heterocycles. The van der Waals surface area contributed by atoms with Crippen LogP contribution in [-0.2, 0) is 14.4 Å². The van der Waals surface area contributed by atoms with Gasteiger partial charge in [0.05, 0.1) is 11.8 Å². The lowest BCUT2D eigenvalue weighted by molar-refractivity contribution is -0.124. The van der Waals surface area contributed by atoms with E-state index in [2.05, 4.69) is 0 Å². The van der Waals surface area contributed by atoms with Crippen LogP contribution in [-0.4, -0.2) is 22.4 Å². The second kappa shape index (κ2) is 4.26.